The lowest BCUT2D eigenvalue weighted by molar-refractivity contribution is 0.229. The maximum Gasteiger partial charge on any atom is 0.0798 e. The van der Waals surface area contributed by atoms with Gasteiger partial charge >= 0.3 is 0 Å². The maximum atomic E-state index is 9.33. The van der Waals surface area contributed by atoms with Crippen LogP contribution in [0.4, 0.5) is 0 Å². The Morgan fingerprint density at radius 2 is 2.08 bits per heavy atom. The summed E-state index contributed by atoms with van der Waals surface area (Å²) < 4.78 is 0. The summed E-state index contributed by atoms with van der Waals surface area (Å²) in [7, 11) is 0. The van der Waals surface area contributed by atoms with E-state index in [1.54, 1.807) is 6.92 Å². The largest absolute Gasteiger partial charge is 0.388 e. The molecule has 0 aliphatic heterocycles. The molecule has 0 radical (unpaired) electrons. The Morgan fingerprint density at radius 3 is 2.54 bits per heavy atom. The van der Waals surface area contributed by atoms with Crippen molar-refractivity contribution >= 4 is 0 Å². The average Bonchev–Trinajstić information content (AvgIpc) is 2.15. The second kappa shape index (κ2) is 4.66. The highest BCUT2D eigenvalue weighted by Crippen LogP contribution is 2.09. The lowest BCUT2D eigenvalue weighted by atomic mass is 10.0. The topological polar surface area (TPSA) is 20.2 Å². The molecule has 1 rings (SSSR count). The summed E-state index contributed by atoms with van der Waals surface area (Å²) in [6.07, 6.45) is 0.264. The van der Waals surface area contributed by atoms with E-state index in [4.69, 9.17) is 0 Å². The van der Waals surface area contributed by atoms with Crippen molar-refractivity contribution in [3.05, 3.63) is 53.8 Å². The highest BCUT2D eigenvalue weighted by molar-refractivity contribution is 5.22. The van der Waals surface area contributed by atoms with E-state index in [2.05, 4.69) is 12.3 Å². The Hall–Kier alpha value is -1.30. The highest BCUT2D eigenvalue weighted by Gasteiger charge is 2.04. The van der Waals surface area contributed by atoms with Crippen LogP contribution in [-0.4, -0.2) is 11.2 Å². The number of hydrogen-bond acceptors (Lipinski definition) is 1. The van der Waals surface area contributed by atoms with E-state index in [0.717, 1.165) is 12.0 Å². The Balaban J connectivity index is 2.75. The van der Waals surface area contributed by atoms with E-state index < -0.39 is 6.10 Å². The zero-order valence-corrected chi connectivity index (χ0v) is 7.83. The Kier molecular flexibility index (Phi) is 3.51. The van der Waals surface area contributed by atoms with Crippen molar-refractivity contribution in [2.24, 2.45) is 0 Å². The maximum absolute atomic E-state index is 9.33. The Morgan fingerprint density at radius 1 is 1.46 bits per heavy atom. The molecule has 13 heavy (non-hydrogen) atoms. The third kappa shape index (κ3) is 2.90. The van der Waals surface area contributed by atoms with Crippen LogP contribution in [0.25, 0.3) is 0 Å². The van der Waals surface area contributed by atoms with Gasteiger partial charge in [-0.3, -0.25) is 0 Å². The molecule has 0 aliphatic carbocycles. The lowest BCUT2D eigenvalue weighted by Gasteiger charge is -2.07. The van der Waals surface area contributed by atoms with Crippen LogP contribution in [0.2, 0.25) is 0 Å². The summed E-state index contributed by atoms with van der Waals surface area (Å²) in [6.45, 7) is 5.29. The molecule has 0 aromatic heterocycles. The quantitative estimate of drug-likeness (QED) is 0.697. The number of rotatable bonds is 3. The van der Waals surface area contributed by atoms with Crippen LogP contribution in [0.5, 0.6) is 0 Å². The monoisotopic (exact) mass is 174 g/mol. The fourth-order valence-electron chi connectivity index (χ4n) is 1.17. The van der Waals surface area contributed by atoms with E-state index in [9.17, 15) is 5.11 Å². The number of hydrogen-bond donors (Lipinski definition) is 1. The van der Waals surface area contributed by atoms with Crippen LogP contribution in [0.15, 0.2) is 48.2 Å². The summed E-state index contributed by atoms with van der Waals surface area (Å²) in [5.41, 5.74) is 4.78. The van der Waals surface area contributed by atoms with Gasteiger partial charge in [-0.1, -0.05) is 36.9 Å². The van der Waals surface area contributed by atoms with Gasteiger partial charge in [0.25, 0.3) is 0 Å². The number of aliphatic hydroxyl groups excluding tert-OH is 1. The molecule has 0 spiro atoms. The molecule has 0 bridgehead atoms. The first kappa shape index (κ1) is 9.79. The molecule has 1 N–H and O–H groups in total. The second-order valence-corrected chi connectivity index (χ2v) is 3.04. The van der Waals surface area contributed by atoms with Gasteiger partial charge in [-0.2, -0.15) is 0 Å². The molecule has 68 valence electrons. The second-order valence-electron chi connectivity index (χ2n) is 3.04. The van der Waals surface area contributed by atoms with Gasteiger partial charge in [-0.05, 0) is 12.5 Å². The molecule has 0 heterocycles. The minimum atomic E-state index is -0.460. The van der Waals surface area contributed by atoms with Gasteiger partial charge in [-0.25, -0.2) is 0 Å². The molecule has 1 atom stereocenters. The number of benzene rings is 1. The van der Waals surface area contributed by atoms with Gasteiger partial charge in [-0.15, -0.1) is 5.73 Å². The van der Waals surface area contributed by atoms with Crippen LogP contribution in [-0.2, 0) is 6.42 Å². The molecule has 1 aromatic carbocycles. The molecular formula is C12H14O. The summed E-state index contributed by atoms with van der Waals surface area (Å²) in [6, 6.07) is 10.00. The third-order valence-electron chi connectivity index (χ3n) is 1.97. The Bertz CT molecular complexity index is 305. The predicted octanol–water partition coefficient (Wildman–Crippen LogP) is 2.32. The molecule has 0 saturated heterocycles. The first-order valence-electron chi connectivity index (χ1n) is 4.35. The summed E-state index contributed by atoms with van der Waals surface area (Å²) in [5, 5.41) is 9.33. The van der Waals surface area contributed by atoms with Gasteiger partial charge in [0.2, 0.25) is 0 Å². The van der Waals surface area contributed by atoms with Crippen molar-refractivity contribution in [1.29, 1.82) is 0 Å². The van der Waals surface area contributed by atoms with Crippen LogP contribution < -0.4 is 0 Å². The zero-order valence-electron chi connectivity index (χ0n) is 7.83. The SMILES string of the molecule is C=C=C(Cc1ccccc1)[C@@H](C)O. The summed E-state index contributed by atoms with van der Waals surface area (Å²) in [4.78, 5) is 0. The lowest BCUT2D eigenvalue weighted by Crippen LogP contribution is -2.06. The Labute approximate surface area is 79.0 Å². The highest BCUT2D eigenvalue weighted by atomic mass is 16.3. The zero-order chi connectivity index (χ0) is 9.68. The van der Waals surface area contributed by atoms with E-state index >= 15 is 0 Å². The minimum Gasteiger partial charge on any atom is -0.388 e. The van der Waals surface area contributed by atoms with E-state index in [-0.39, 0.29) is 0 Å². The van der Waals surface area contributed by atoms with Crippen molar-refractivity contribution in [2.75, 3.05) is 0 Å². The minimum absolute atomic E-state index is 0.460. The normalized spacial score (nSPS) is 11.8. The van der Waals surface area contributed by atoms with Crippen molar-refractivity contribution in [1.82, 2.24) is 0 Å². The standard InChI is InChI=1S/C12H14O/c1-3-12(10(2)13)9-11-7-5-4-6-8-11/h4-8,10,13H,1,9H2,2H3/t10-/m1/s1. The molecule has 0 unspecified atom stereocenters. The summed E-state index contributed by atoms with van der Waals surface area (Å²) >= 11 is 0. The van der Waals surface area contributed by atoms with Crippen molar-refractivity contribution in [3.63, 3.8) is 0 Å². The van der Waals surface area contributed by atoms with E-state index in [0.29, 0.717) is 0 Å². The van der Waals surface area contributed by atoms with Gasteiger partial charge in [0.05, 0.1) is 6.10 Å². The van der Waals surface area contributed by atoms with E-state index in [1.165, 1.54) is 5.56 Å². The van der Waals surface area contributed by atoms with Gasteiger partial charge in [0.15, 0.2) is 0 Å². The van der Waals surface area contributed by atoms with Crippen LogP contribution >= 0.6 is 0 Å². The van der Waals surface area contributed by atoms with Gasteiger partial charge in [0.1, 0.15) is 0 Å². The average molecular weight is 174 g/mol. The van der Waals surface area contributed by atoms with Crippen molar-refractivity contribution in [2.45, 2.75) is 19.4 Å². The first-order chi connectivity index (χ1) is 6.24. The van der Waals surface area contributed by atoms with E-state index in [1.807, 2.05) is 30.3 Å². The number of aliphatic hydroxyl groups is 1. The molecule has 0 aliphatic rings. The third-order valence-corrected chi connectivity index (χ3v) is 1.97. The van der Waals surface area contributed by atoms with Crippen LogP contribution in [0.3, 0.4) is 0 Å². The van der Waals surface area contributed by atoms with Crippen LogP contribution in [0.1, 0.15) is 12.5 Å². The molecule has 1 nitrogen and oxygen atoms in total. The van der Waals surface area contributed by atoms with Gasteiger partial charge in [0, 0.05) is 12.0 Å². The fraction of sp³-hybridized carbons (Fsp3) is 0.250. The molecule has 0 fully saturated rings. The molecule has 0 saturated carbocycles. The van der Waals surface area contributed by atoms with Crippen molar-refractivity contribution < 1.29 is 5.11 Å². The molecular weight excluding hydrogens is 160 g/mol. The van der Waals surface area contributed by atoms with Crippen LogP contribution in [0, 0.1) is 0 Å². The smallest absolute Gasteiger partial charge is 0.0798 e. The fourth-order valence-corrected chi connectivity index (χ4v) is 1.17. The molecule has 0 amide bonds. The first-order valence-corrected chi connectivity index (χ1v) is 4.35. The van der Waals surface area contributed by atoms with Gasteiger partial charge < -0.3 is 5.11 Å². The molecule has 1 aromatic rings. The summed E-state index contributed by atoms with van der Waals surface area (Å²) in [5.74, 6) is 0. The van der Waals surface area contributed by atoms with Crippen molar-refractivity contribution in [3.8, 4) is 0 Å². The molecule has 1 heteroatoms. The predicted molar refractivity (Wildman–Crippen MR) is 54.5 cm³/mol.